The topological polar surface area (TPSA) is 46.9 Å². The largest absolute Gasteiger partial charge is 0.349 e. The lowest BCUT2D eigenvalue weighted by Crippen LogP contribution is -2.40. The summed E-state index contributed by atoms with van der Waals surface area (Å²) in [6.07, 6.45) is 5.42. The van der Waals surface area contributed by atoms with Crippen LogP contribution in [0.25, 0.3) is 5.69 Å². The van der Waals surface area contributed by atoms with Gasteiger partial charge >= 0.3 is 0 Å². The molecule has 1 heterocycles. The molecule has 25 heavy (non-hydrogen) atoms. The van der Waals surface area contributed by atoms with E-state index in [1.165, 1.54) is 25.7 Å². The number of fused-ring (bicyclic) bond motifs is 2. The fourth-order valence-corrected chi connectivity index (χ4v) is 4.95. The van der Waals surface area contributed by atoms with Crippen LogP contribution in [0.5, 0.6) is 0 Å². The van der Waals surface area contributed by atoms with Crippen LogP contribution in [0.15, 0.2) is 30.3 Å². The standard InChI is InChI=1S/C21H27N3O/c1-13-10-14(2)24(23-13)19-8-6-17(7-9-19)21(25)22-15(3)20-12-16-4-5-18(20)11-16/h6-10,15-16,18,20H,4-5,11-12H2,1-3H3,(H,22,25). The second-order valence-corrected chi connectivity index (χ2v) is 7.99. The molecule has 4 atom stereocenters. The van der Waals surface area contributed by atoms with E-state index in [4.69, 9.17) is 0 Å². The van der Waals surface area contributed by atoms with Gasteiger partial charge in [0.2, 0.25) is 0 Å². The van der Waals surface area contributed by atoms with Crippen LogP contribution in [0.2, 0.25) is 0 Å². The van der Waals surface area contributed by atoms with E-state index in [1.807, 2.05) is 42.8 Å². The molecule has 4 rings (SSSR count). The molecular weight excluding hydrogens is 310 g/mol. The first kappa shape index (κ1) is 16.4. The highest BCUT2D eigenvalue weighted by atomic mass is 16.1. The van der Waals surface area contributed by atoms with E-state index in [0.717, 1.165) is 34.5 Å². The van der Waals surface area contributed by atoms with Crippen molar-refractivity contribution in [1.29, 1.82) is 0 Å². The number of nitrogens with one attached hydrogen (secondary N) is 1. The molecule has 1 N–H and O–H groups in total. The maximum atomic E-state index is 12.6. The molecule has 1 amide bonds. The summed E-state index contributed by atoms with van der Waals surface area (Å²) in [4.78, 5) is 12.6. The highest BCUT2D eigenvalue weighted by molar-refractivity contribution is 5.94. The molecule has 2 saturated carbocycles. The van der Waals surface area contributed by atoms with Gasteiger partial charge in [0.15, 0.2) is 0 Å². The lowest BCUT2D eigenvalue weighted by molar-refractivity contribution is 0.0915. The zero-order valence-corrected chi connectivity index (χ0v) is 15.3. The van der Waals surface area contributed by atoms with Crippen molar-refractivity contribution in [3.05, 3.63) is 47.3 Å². The van der Waals surface area contributed by atoms with E-state index in [2.05, 4.69) is 23.4 Å². The number of hydrogen-bond donors (Lipinski definition) is 1. The van der Waals surface area contributed by atoms with Crippen molar-refractivity contribution in [3.8, 4) is 5.69 Å². The Kier molecular flexibility index (Phi) is 4.14. The Hall–Kier alpha value is -2.10. The van der Waals surface area contributed by atoms with Gasteiger partial charge in [-0.25, -0.2) is 4.68 Å². The van der Waals surface area contributed by atoms with Crippen LogP contribution in [-0.4, -0.2) is 21.7 Å². The molecule has 1 aromatic carbocycles. The molecule has 0 saturated heterocycles. The molecule has 2 aromatic rings. The highest BCUT2D eigenvalue weighted by Gasteiger charge is 2.42. The fraction of sp³-hybridized carbons (Fsp3) is 0.524. The van der Waals surface area contributed by atoms with Gasteiger partial charge in [0.05, 0.1) is 11.4 Å². The lowest BCUT2D eigenvalue weighted by atomic mass is 9.84. The molecule has 132 valence electrons. The van der Waals surface area contributed by atoms with Crippen molar-refractivity contribution in [2.45, 2.75) is 52.5 Å². The van der Waals surface area contributed by atoms with Gasteiger partial charge in [-0.1, -0.05) is 6.42 Å². The zero-order chi connectivity index (χ0) is 17.6. The summed E-state index contributed by atoms with van der Waals surface area (Å²) in [5.41, 5.74) is 3.81. The summed E-state index contributed by atoms with van der Waals surface area (Å²) >= 11 is 0. The van der Waals surface area contributed by atoms with E-state index in [1.54, 1.807) is 0 Å². The minimum absolute atomic E-state index is 0.0372. The fourth-order valence-electron chi connectivity index (χ4n) is 4.95. The Labute approximate surface area is 149 Å². The van der Waals surface area contributed by atoms with Crippen molar-refractivity contribution in [1.82, 2.24) is 15.1 Å². The molecule has 0 spiro atoms. The number of carbonyl (C=O) groups is 1. The third kappa shape index (κ3) is 3.10. The van der Waals surface area contributed by atoms with Crippen LogP contribution in [0.1, 0.15) is 54.4 Å². The van der Waals surface area contributed by atoms with E-state index in [-0.39, 0.29) is 11.9 Å². The first-order chi connectivity index (χ1) is 12.0. The van der Waals surface area contributed by atoms with Crippen molar-refractivity contribution in [2.24, 2.45) is 17.8 Å². The lowest BCUT2D eigenvalue weighted by Gasteiger charge is -2.28. The van der Waals surface area contributed by atoms with Gasteiger partial charge < -0.3 is 5.32 Å². The molecule has 0 aliphatic heterocycles. The number of aryl methyl sites for hydroxylation is 2. The van der Waals surface area contributed by atoms with Crippen LogP contribution in [0.4, 0.5) is 0 Å². The minimum atomic E-state index is 0.0372. The molecule has 2 aliphatic rings. The minimum Gasteiger partial charge on any atom is -0.349 e. The second kappa shape index (κ2) is 6.32. The molecule has 1 aromatic heterocycles. The van der Waals surface area contributed by atoms with Gasteiger partial charge in [0, 0.05) is 17.3 Å². The van der Waals surface area contributed by atoms with Crippen LogP contribution in [0.3, 0.4) is 0 Å². The van der Waals surface area contributed by atoms with E-state index in [9.17, 15) is 4.79 Å². The predicted molar refractivity (Wildman–Crippen MR) is 98.9 cm³/mol. The summed E-state index contributed by atoms with van der Waals surface area (Å²) in [6, 6.07) is 10.0. The van der Waals surface area contributed by atoms with Crippen molar-refractivity contribution in [2.75, 3.05) is 0 Å². The normalized spacial score (nSPS) is 26.0. The molecular formula is C21H27N3O. The number of aromatic nitrogens is 2. The highest BCUT2D eigenvalue weighted by Crippen LogP contribution is 2.49. The third-order valence-electron chi connectivity index (χ3n) is 6.18. The molecule has 0 radical (unpaired) electrons. The van der Waals surface area contributed by atoms with Gasteiger partial charge in [-0.2, -0.15) is 5.10 Å². The number of rotatable bonds is 4. The van der Waals surface area contributed by atoms with Crippen LogP contribution >= 0.6 is 0 Å². The third-order valence-corrected chi connectivity index (χ3v) is 6.18. The average molecular weight is 337 g/mol. The van der Waals surface area contributed by atoms with Gasteiger partial charge in [0.25, 0.3) is 5.91 Å². The van der Waals surface area contributed by atoms with Gasteiger partial charge in [-0.05, 0) is 88.1 Å². The molecule has 2 fully saturated rings. The number of benzene rings is 1. The molecule has 4 nitrogen and oxygen atoms in total. The summed E-state index contributed by atoms with van der Waals surface area (Å²) in [7, 11) is 0. The summed E-state index contributed by atoms with van der Waals surface area (Å²) in [5, 5.41) is 7.73. The Morgan fingerprint density at radius 3 is 2.52 bits per heavy atom. The zero-order valence-electron chi connectivity index (χ0n) is 15.3. The number of carbonyl (C=O) groups excluding carboxylic acids is 1. The van der Waals surface area contributed by atoms with E-state index in [0.29, 0.717) is 5.92 Å². The number of hydrogen-bond acceptors (Lipinski definition) is 2. The summed E-state index contributed by atoms with van der Waals surface area (Å²) < 4.78 is 1.91. The van der Waals surface area contributed by atoms with E-state index < -0.39 is 0 Å². The SMILES string of the molecule is Cc1cc(C)n(-c2ccc(C(=O)NC(C)C3CC4CCC3C4)cc2)n1. The van der Waals surface area contributed by atoms with Gasteiger partial charge in [0.1, 0.15) is 0 Å². The number of nitrogens with zero attached hydrogens (tertiary/aromatic N) is 2. The molecule has 2 bridgehead atoms. The van der Waals surface area contributed by atoms with Crippen LogP contribution in [-0.2, 0) is 0 Å². The summed E-state index contributed by atoms with van der Waals surface area (Å²) in [6.45, 7) is 6.20. The van der Waals surface area contributed by atoms with Crippen molar-refractivity contribution < 1.29 is 4.79 Å². The molecule has 4 heteroatoms. The Morgan fingerprint density at radius 1 is 1.20 bits per heavy atom. The van der Waals surface area contributed by atoms with Crippen molar-refractivity contribution >= 4 is 5.91 Å². The van der Waals surface area contributed by atoms with Gasteiger partial charge in [-0.3, -0.25) is 4.79 Å². The van der Waals surface area contributed by atoms with Crippen LogP contribution < -0.4 is 5.32 Å². The van der Waals surface area contributed by atoms with Gasteiger partial charge in [-0.15, -0.1) is 0 Å². The maximum absolute atomic E-state index is 12.6. The van der Waals surface area contributed by atoms with E-state index >= 15 is 0 Å². The quantitative estimate of drug-likeness (QED) is 0.915. The monoisotopic (exact) mass is 337 g/mol. The predicted octanol–water partition coefficient (Wildman–Crippen LogP) is 4.04. The average Bonchev–Trinajstić information content (AvgIpc) is 3.30. The first-order valence-corrected chi connectivity index (χ1v) is 9.46. The smallest absolute Gasteiger partial charge is 0.251 e. The molecule has 2 aliphatic carbocycles. The Morgan fingerprint density at radius 2 is 1.96 bits per heavy atom. The molecule has 4 unspecified atom stereocenters. The van der Waals surface area contributed by atoms with Crippen molar-refractivity contribution in [3.63, 3.8) is 0 Å². The summed E-state index contributed by atoms with van der Waals surface area (Å²) in [5.74, 6) is 2.44. The Balaban J connectivity index is 1.43. The Bertz CT molecular complexity index is 777. The number of amides is 1. The maximum Gasteiger partial charge on any atom is 0.251 e. The second-order valence-electron chi connectivity index (χ2n) is 7.99. The first-order valence-electron chi connectivity index (χ1n) is 9.46. The van der Waals surface area contributed by atoms with Crippen LogP contribution in [0, 0.1) is 31.6 Å².